The van der Waals surface area contributed by atoms with Crippen LogP contribution in [0.25, 0.3) is 0 Å². The van der Waals surface area contributed by atoms with Crippen molar-refractivity contribution in [2.24, 2.45) is 4.99 Å². The van der Waals surface area contributed by atoms with Gasteiger partial charge in [-0.25, -0.2) is 4.98 Å². The predicted molar refractivity (Wildman–Crippen MR) is 126 cm³/mol. The van der Waals surface area contributed by atoms with Gasteiger partial charge in [-0.15, -0.1) is 24.0 Å². The molecular formula is C19H32IN5OS. The number of nitrogens with zero attached hydrogens (tertiary/aromatic N) is 4. The molecule has 3 rings (SSSR count). The van der Waals surface area contributed by atoms with E-state index in [4.69, 9.17) is 4.74 Å². The van der Waals surface area contributed by atoms with Gasteiger partial charge in [-0.1, -0.05) is 0 Å². The lowest BCUT2D eigenvalue weighted by atomic mass is 10.2. The summed E-state index contributed by atoms with van der Waals surface area (Å²) in [5.41, 5.74) is 1.22. The lowest BCUT2D eigenvalue weighted by Crippen LogP contribution is -2.50. The Kier molecular flexibility index (Phi) is 8.48. The van der Waals surface area contributed by atoms with E-state index in [2.05, 4.69) is 58.0 Å². The van der Waals surface area contributed by atoms with Crippen molar-refractivity contribution in [3.63, 3.8) is 0 Å². The Morgan fingerprint density at radius 1 is 1.44 bits per heavy atom. The van der Waals surface area contributed by atoms with Gasteiger partial charge in [-0.05, 0) is 38.5 Å². The number of nitrogens with one attached hydrogen (secondary N) is 1. The van der Waals surface area contributed by atoms with Crippen molar-refractivity contribution in [2.45, 2.75) is 38.2 Å². The average Bonchev–Trinajstić information content (AvgIpc) is 2.62. The minimum Gasteiger partial charge on any atom is -0.375 e. The standard InChI is InChI=1S/C19H31N5OS.HI/c1-15-13-23(7-9-25-15)17-11-16(5-6-21-17)12-22-18(20-4)24-8-10-26-19(2,3)14-24;/h5-6,11,15H,7-10,12-14H2,1-4H3,(H,20,22);1H. The normalized spacial score (nSPS) is 23.0. The van der Waals surface area contributed by atoms with Crippen molar-refractivity contribution in [3.05, 3.63) is 23.9 Å². The molecule has 0 spiro atoms. The molecule has 0 aliphatic carbocycles. The van der Waals surface area contributed by atoms with E-state index in [0.29, 0.717) is 0 Å². The Balaban J connectivity index is 0.00000261. The summed E-state index contributed by atoms with van der Waals surface area (Å²) in [5.74, 6) is 3.16. The van der Waals surface area contributed by atoms with Crippen molar-refractivity contribution in [1.82, 2.24) is 15.2 Å². The van der Waals surface area contributed by atoms with Crippen LogP contribution in [0.2, 0.25) is 0 Å². The van der Waals surface area contributed by atoms with Crippen molar-refractivity contribution in [3.8, 4) is 0 Å². The summed E-state index contributed by atoms with van der Waals surface area (Å²) in [5, 5.41) is 3.53. The van der Waals surface area contributed by atoms with Crippen LogP contribution in [0.4, 0.5) is 5.82 Å². The van der Waals surface area contributed by atoms with Crippen LogP contribution in [-0.2, 0) is 11.3 Å². The summed E-state index contributed by atoms with van der Waals surface area (Å²) < 4.78 is 5.90. The molecule has 0 saturated carbocycles. The smallest absolute Gasteiger partial charge is 0.193 e. The monoisotopic (exact) mass is 505 g/mol. The number of morpholine rings is 1. The molecule has 1 aromatic heterocycles. The maximum absolute atomic E-state index is 5.63. The molecule has 0 aromatic carbocycles. The Morgan fingerprint density at radius 2 is 2.26 bits per heavy atom. The quantitative estimate of drug-likeness (QED) is 0.388. The highest BCUT2D eigenvalue weighted by Gasteiger charge is 2.28. The van der Waals surface area contributed by atoms with E-state index in [1.54, 1.807) is 0 Å². The van der Waals surface area contributed by atoms with E-state index in [0.717, 1.165) is 56.9 Å². The van der Waals surface area contributed by atoms with Crippen LogP contribution in [0.1, 0.15) is 26.3 Å². The van der Waals surface area contributed by atoms with E-state index in [-0.39, 0.29) is 34.8 Å². The summed E-state index contributed by atoms with van der Waals surface area (Å²) in [4.78, 5) is 13.7. The van der Waals surface area contributed by atoms with Crippen LogP contribution >= 0.6 is 35.7 Å². The first-order valence-electron chi connectivity index (χ1n) is 9.38. The zero-order valence-electron chi connectivity index (χ0n) is 16.8. The van der Waals surface area contributed by atoms with Crippen molar-refractivity contribution in [2.75, 3.05) is 50.5 Å². The van der Waals surface area contributed by atoms with Gasteiger partial charge in [-0.2, -0.15) is 11.8 Å². The number of hydrogen-bond donors (Lipinski definition) is 1. The van der Waals surface area contributed by atoms with E-state index < -0.39 is 0 Å². The van der Waals surface area contributed by atoms with E-state index in [9.17, 15) is 0 Å². The number of guanidine groups is 1. The van der Waals surface area contributed by atoms with Crippen LogP contribution in [0.3, 0.4) is 0 Å². The molecule has 2 fully saturated rings. The van der Waals surface area contributed by atoms with Gasteiger partial charge < -0.3 is 19.9 Å². The number of thioether (sulfide) groups is 1. The molecule has 2 aliphatic rings. The van der Waals surface area contributed by atoms with Gasteiger partial charge in [0.2, 0.25) is 0 Å². The number of rotatable bonds is 3. The zero-order chi connectivity index (χ0) is 18.6. The first-order valence-corrected chi connectivity index (χ1v) is 10.4. The summed E-state index contributed by atoms with van der Waals surface area (Å²) in [6, 6.07) is 4.25. The van der Waals surface area contributed by atoms with E-state index in [1.165, 1.54) is 5.56 Å². The molecule has 1 atom stereocenters. The molecule has 1 aromatic rings. The maximum Gasteiger partial charge on any atom is 0.193 e. The zero-order valence-corrected chi connectivity index (χ0v) is 19.9. The minimum atomic E-state index is 0. The SMILES string of the molecule is CN=C(NCc1ccnc(N2CCOC(C)C2)c1)N1CCSC(C)(C)C1.I. The molecule has 8 heteroatoms. The lowest BCUT2D eigenvalue weighted by molar-refractivity contribution is 0.0529. The number of pyridine rings is 1. The van der Waals surface area contributed by atoms with Gasteiger partial charge in [0, 0.05) is 56.5 Å². The highest BCUT2D eigenvalue weighted by Crippen LogP contribution is 2.29. The predicted octanol–water partition coefficient (Wildman–Crippen LogP) is 2.83. The van der Waals surface area contributed by atoms with Crippen LogP contribution in [0, 0.1) is 0 Å². The molecule has 0 amide bonds. The summed E-state index contributed by atoms with van der Waals surface area (Å²) in [6.45, 7) is 12.1. The topological polar surface area (TPSA) is 53.0 Å². The largest absolute Gasteiger partial charge is 0.375 e. The number of ether oxygens (including phenoxy) is 1. The molecule has 2 saturated heterocycles. The third-order valence-electron chi connectivity index (χ3n) is 4.76. The first-order chi connectivity index (χ1) is 12.5. The van der Waals surface area contributed by atoms with E-state index >= 15 is 0 Å². The second-order valence-corrected chi connectivity index (χ2v) is 9.38. The molecule has 1 unspecified atom stereocenters. The Morgan fingerprint density at radius 3 is 2.96 bits per heavy atom. The van der Waals surface area contributed by atoms with Gasteiger partial charge in [0.15, 0.2) is 5.96 Å². The molecule has 6 nitrogen and oxygen atoms in total. The molecule has 152 valence electrons. The third-order valence-corrected chi connectivity index (χ3v) is 6.06. The fourth-order valence-corrected chi connectivity index (χ4v) is 4.59. The number of aliphatic imine (C=N–C) groups is 1. The van der Waals surface area contributed by atoms with Gasteiger partial charge >= 0.3 is 0 Å². The van der Waals surface area contributed by atoms with E-state index in [1.807, 2.05) is 25.0 Å². The molecule has 0 bridgehead atoms. The Bertz CT molecular complexity index is 642. The van der Waals surface area contributed by atoms with Gasteiger partial charge in [0.25, 0.3) is 0 Å². The second kappa shape index (κ2) is 10.2. The third kappa shape index (κ3) is 6.39. The second-order valence-electron chi connectivity index (χ2n) is 7.58. The highest BCUT2D eigenvalue weighted by atomic mass is 127. The first kappa shape index (κ1) is 22.5. The van der Waals surface area contributed by atoms with Gasteiger partial charge in [-0.3, -0.25) is 4.99 Å². The number of hydrogen-bond acceptors (Lipinski definition) is 5. The molecule has 3 heterocycles. The lowest BCUT2D eigenvalue weighted by Gasteiger charge is -2.39. The molecule has 0 radical (unpaired) electrons. The molecule has 1 N–H and O–H groups in total. The van der Waals surface area contributed by atoms with Crippen LogP contribution < -0.4 is 10.2 Å². The summed E-state index contributed by atoms with van der Waals surface area (Å²) >= 11 is 2.04. The van der Waals surface area contributed by atoms with Crippen molar-refractivity contribution in [1.29, 1.82) is 0 Å². The Hall–Kier alpha value is -0.740. The Labute approximate surface area is 184 Å². The van der Waals surface area contributed by atoms with Crippen molar-refractivity contribution < 1.29 is 4.74 Å². The average molecular weight is 505 g/mol. The van der Waals surface area contributed by atoms with Crippen LogP contribution in [0.5, 0.6) is 0 Å². The maximum atomic E-state index is 5.63. The fraction of sp³-hybridized carbons (Fsp3) is 0.684. The number of aromatic nitrogens is 1. The van der Waals surface area contributed by atoms with Gasteiger partial charge in [0.05, 0.1) is 12.7 Å². The molecule has 2 aliphatic heterocycles. The van der Waals surface area contributed by atoms with Crippen LogP contribution in [0.15, 0.2) is 23.3 Å². The number of halogens is 1. The highest BCUT2D eigenvalue weighted by molar-refractivity contribution is 14.0. The molecule has 27 heavy (non-hydrogen) atoms. The minimum absolute atomic E-state index is 0. The van der Waals surface area contributed by atoms with Gasteiger partial charge in [0.1, 0.15) is 5.82 Å². The number of anilines is 1. The summed E-state index contributed by atoms with van der Waals surface area (Å²) in [6.07, 6.45) is 2.15. The molecular weight excluding hydrogens is 473 g/mol. The fourth-order valence-electron chi connectivity index (χ4n) is 3.48. The van der Waals surface area contributed by atoms with Crippen LogP contribution in [-0.4, -0.2) is 72.3 Å². The summed E-state index contributed by atoms with van der Waals surface area (Å²) in [7, 11) is 1.87. The van der Waals surface area contributed by atoms with Crippen molar-refractivity contribution >= 4 is 47.5 Å².